The van der Waals surface area contributed by atoms with Gasteiger partial charge in [0.15, 0.2) is 0 Å². The molecular formula is C31H45N5O5. The van der Waals surface area contributed by atoms with Gasteiger partial charge in [-0.05, 0) is 69.1 Å². The molecule has 3 amide bonds. The van der Waals surface area contributed by atoms with Crippen LogP contribution >= 0.6 is 0 Å². The maximum absolute atomic E-state index is 13.9. The molecule has 1 aromatic carbocycles. The first kappa shape index (κ1) is 30.4. The molecule has 1 aliphatic heterocycles. The third-order valence-electron chi connectivity index (χ3n) is 8.70. The van der Waals surface area contributed by atoms with Crippen LogP contribution in [0.2, 0.25) is 0 Å². The van der Waals surface area contributed by atoms with E-state index in [-0.39, 0.29) is 17.9 Å². The monoisotopic (exact) mass is 567 g/mol. The van der Waals surface area contributed by atoms with Gasteiger partial charge in [-0.3, -0.25) is 9.59 Å². The van der Waals surface area contributed by atoms with E-state index in [0.717, 1.165) is 55.5 Å². The van der Waals surface area contributed by atoms with E-state index in [1.54, 1.807) is 19.6 Å². The molecule has 1 aromatic heterocycles. The van der Waals surface area contributed by atoms with Crippen LogP contribution in [0.4, 0.5) is 4.79 Å². The number of hydrogen-bond donors (Lipinski definition) is 3. The Bertz CT molecular complexity index is 1110. The predicted octanol–water partition coefficient (Wildman–Crippen LogP) is 4.01. The molecule has 2 heterocycles. The van der Waals surface area contributed by atoms with Gasteiger partial charge in [-0.2, -0.15) is 0 Å². The number of esters is 1. The molecule has 0 radical (unpaired) electrons. The number of carbonyl (C=O) groups excluding carboxylic acids is 3. The number of imidazole rings is 1. The van der Waals surface area contributed by atoms with E-state index in [9.17, 15) is 14.4 Å². The molecule has 0 spiro atoms. The zero-order chi connectivity index (χ0) is 29.1. The summed E-state index contributed by atoms with van der Waals surface area (Å²) in [5.74, 6) is 0.790. The molecule has 2 aliphatic rings. The molecular weight excluding hydrogens is 522 g/mol. The molecule has 10 nitrogen and oxygen atoms in total. The number of nitrogens with zero attached hydrogens (tertiary/aromatic N) is 2. The number of rotatable bonds is 12. The van der Waals surface area contributed by atoms with Crippen LogP contribution in [-0.2, 0) is 27.2 Å². The van der Waals surface area contributed by atoms with Crippen LogP contribution in [0, 0.1) is 11.3 Å². The molecule has 3 N–H and O–H groups in total. The van der Waals surface area contributed by atoms with Gasteiger partial charge in [0.1, 0.15) is 11.8 Å². The van der Waals surface area contributed by atoms with Crippen LogP contribution < -0.4 is 15.4 Å². The number of methoxy groups -OCH3 is 1. The lowest BCUT2D eigenvalue weighted by atomic mass is 9.63. The van der Waals surface area contributed by atoms with Gasteiger partial charge in [-0.15, -0.1) is 0 Å². The number of H-pyrrole nitrogens is 1. The summed E-state index contributed by atoms with van der Waals surface area (Å²) in [5.41, 5.74) is 1.40. The van der Waals surface area contributed by atoms with Gasteiger partial charge in [0.2, 0.25) is 5.91 Å². The average molecular weight is 568 g/mol. The standard InChI is InChI=1S/C31H45N5O5/c1-3-41-29(38)31(24-8-5-4-6-9-24)15-18-36(19-16-31)28(37)27(20-23-11-13-26(40-2)14-12-23)35-30(39)33-17-7-10-25-21-32-22-34-25/h11-14,21-22,24,27H,3-10,15-20H2,1-2H3,(H,32,34)(H2,33,35,39)/t27-/m1/s1. The highest BCUT2D eigenvalue weighted by Crippen LogP contribution is 2.47. The molecule has 0 bridgehead atoms. The quantitative estimate of drug-likeness (QED) is 0.263. The third-order valence-corrected chi connectivity index (χ3v) is 8.70. The van der Waals surface area contributed by atoms with Gasteiger partial charge in [0, 0.05) is 37.9 Å². The first-order valence-corrected chi connectivity index (χ1v) is 15.1. The number of urea groups is 1. The summed E-state index contributed by atoms with van der Waals surface area (Å²) < 4.78 is 10.8. The molecule has 2 fully saturated rings. The van der Waals surface area contributed by atoms with Crippen molar-refractivity contribution in [2.75, 3.05) is 33.4 Å². The van der Waals surface area contributed by atoms with Crippen molar-refractivity contribution in [2.45, 2.75) is 77.2 Å². The summed E-state index contributed by atoms with van der Waals surface area (Å²) in [6, 6.07) is 6.42. The Labute approximate surface area is 243 Å². The van der Waals surface area contributed by atoms with Crippen molar-refractivity contribution in [1.29, 1.82) is 0 Å². The molecule has 224 valence electrons. The Hall–Kier alpha value is -3.56. The minimum Gasteiger partial charge on any atom is -0.497 e. The number of aryl methyl sites for hydroxylation is 1. The van der Waals surface area contributed by atoms with Gasteiger partial charge in [-0.1, -0.05) is 31.4 Å². The Kier molecular flexibility index (Phi) is 11.0. The van der Waals surface area contributed by atoms with Gasteiger partial charge in [0.05, 0.1) is 25.5 Å². The zero-order valence-electron chi connectivity index (χ0n) is 24.5. The lowest BCUT2D eigenvalue weighted by Gasteiger charge is -2.46. The van der Waals surface area contributed by atoms with E-state index in [1.165, 1.54) is 6.42 Å². The molecule has 1 atom stereocenters. The molecule has 10 heteroatoms. The third kappa shape index (κ3) is 8.01. The largest absolute Gasteiger partial charge is 0.497 e. The average Bonchev–Trinajstić information content (AvgIpc) is 3.53. The molecule has 1 saturated carbocycles. The molecule has 2 aromatic rings. The number of carbonyl (C=O) groups is 3. The van der Waals surface area contributed by atoms with Crippen molar-refractivity contribution in [2.24, 2.45) is 11.3 Å². The summed E-state index contributed by atoms with van der Waals surface area (Å²) in [6.07, 6.45) is 12.0. The fraction of sp³-hybridized carbons (Fsp3) is 0.613. The first-order valence-electron chi connectivity index (χ1n) is 15.1. The van der Waals surface area contributed by atoms with Crippen LogP contribution in [0.3, 0.4) is 0 Å². The molecule has 0 unspecified atom stereocenters. The second-order valence-electron chi connectivity index (χ2n) is 11.2. The number of nitrogens with one attached hydrogen (secondary N) is 3. The summed E-state index contributed by atoms with van der Waals surface area (Å²) in [4.78, 5) is 48.9. The molecule has 1 saturated heterocycles. The van der Waals surface area contributed by atoms with Crippen molar-refractivity contribution in [3.05, 3.63) is 48.0 Å². The molecule has 1 aliphatic carbocycles. The summed E-state index contributed by atoms with van der Waals surface area (Å²) in [7, 11) is 1.61. The van der Waals surface area contributed by atoms with E-state index >= 15 is 0 Å². The van der Waals surface area contributed by atoms with E-state index < -0.39 is 11.5 Å². The van der Waals surface area contributed by atoms with Crippen molar-refractivity contribution in [3.8, 4) is 5.75 Å². The van der Waals surface area contributed by atoms with Gasteiger partial charge < -0.3 is 30.0 Å². The number of benzene rings is 1. The number of aromatic nitrogens is 2. The highest BCUT2D eigenvalue weighted by molar-refractivity contribution is 5.88. The first-order chi connectivity index (χ1) is 19.9. The minimum absolute atomic E-state index is 0.110. The highest BCUT2D eigenvalue weighted by atomic mass is 16.5. The van der Waals surface area contributed by atoms with E-state index in [2.05, 4.69) is 20.6 Å². The van der Waals surface area contributed by atoms with Crippen molar-refractivity contribution in [1.82, 2.24) is 25.5 Å². The summed E-state index contributed by atoms with van der Waals surface area (Å²) in [6.45, 7) is 3.63. The van der Waals surface area contributed by atoms with Gasteiger partial charge >= 0.3 is 12.0 Å². The minimum atomic E-state index is -0.735. The Morgan fingerprint density at radius 2 is 1.85 bits per heavy atom. The van der Waals surface area contributed by atoms with Crippen LogP contribution in [0.15, 0.2) is 36.8 Å². The number of aromatic amines is 1. The summed E-state index contributed by atoms with van der Waals surface area (Å²) in [5, 5.41) is 5.81. The van der Waals surface area contributed by atoms with Crippen LogP contribution in [0.5, 0.6) is 5.75 Å². The predicted molar refractivity (Wildman–Crippen MR) is 155 cm³/mol. The van der Waals surface area contributed by atoms with Crippen molar-refractivity contribution in [3.63, 3.8) is 0 Å². The van der Waals surface area contributed by atoms with E-state index in [0.29, 0.717) is 51.4 Å². The Morgan fingerprint density at radius 1 is 1.12 bits per heavy atom. The lowest BCUT2D eigenvalue weighted by Crippen LogP contribution is -2.56. The van der Waals surface area contributed by atoms with E-state index in [1.807, 2.05) is 36.1 Å². The number of likely N-dealkylation sites (tertiary alicyclic amines) is 1. The zero-order valence-corrected chi connectivity index (χ0v) is 24.5. The maximum atomic E-state index is 13.9. The van der Waals surface area contributed by atoms with Crippen LogP contribution in [-0.4, -0.2) is 72.2 Å². The molecule has 41 heavy (non-hydrogen) atoms. The normalized spacial score (nSPS) is 17.9. The smallest absolute Gasteiger partial charge is 0.315 e. The highest BCUT2D eigenvalue weighted by Gasteiger charge is 2.49. The number of piperidine rings is 1. The second kappa shape index (κ2) is 14.9. The Balaban J connectivity index is 1.41. The number of hydrogen-bond acceptors (Lipinski definition) is 6. The van der Waals surface area contributed by atoms with Crippen molar-refractivity contribution < 1.29 is 23.9 Å². The number of ether oxygens (including phenoxy) is 2. The lowest BCUT2D eigenvalue weighted by molar-refractivity contribution is -0.166. The van der Waals surface area contributed by atoms with Gasteiger partial charge in [-0.25, -0.2) is 9.78 Å². The fourth-order valence-electron chi connectivity index (χ4n) is 6.36. The second-order valence-corrected chi connectivity index (χ2v) is 11.2. The topological polar surface area (TPSA) is 126 Å². The fourth-order valence-corrected chi connectivity index (χ4v) is 6.36. The van der Waals surface area contributed by atoms with E-state index in [4.69, 9.17) is 9.47 Å². The maximum Gasteiger partial charge on any atom is 0.315 e. The Morgan fingerprint density at radius 3 is 2.49 bits per heavy atom. The van der Waals surface area contributed by atoms with Crippen molar-refractivity contribution >= 4 is 17.9 Å². The molecule has 4 rings (SSSR count). The van der Waals surface area contributed by atoms with Gasteiger partial charge in [0.25, 0.3) is 0 Å². The summed E-state index contributed by atoms with van der Waals surface area (Å²) >= 11 is 0. The van der Waals surface area contributed by atoms with Crippen LogP contribution in [0.25, 0.3) is 0 Å². The van der Waals surface area contributed by atoms with Crippen LogP contribution in [0.1, 0.15) is 69.5 Å². The number of amides is 3. The SMILES string of the molecule is CCOC(=O)C1(C2CCCCC2)CCN(C(=O)[C@@H](Cc2ccc(OC)cc2)NC(=O)NCCCc2cnc[nH]2)CC1.